The molecule has 2 rings (SSSR count). The number of likely N-dealkylation sites (N-methyl/N-ethyl adjacent to an activating group) is 1. The fourth-order valence-electron chi connectivity index (χ4n) is 2.77. The monoisotopic (exact) mass is 307 g/mol. The third kappa shape index (κ3) is 4.37. The number of rotatable bonds is 6. The number of hydrogen-bond acceptors (Lipinski definition) is 4. The number of carboxylic acids is 1. The molecule has 1 heterocycles. The van der Waals surface area contributed by atoms with Gasteiger partial charge in [0.25, 0.3) is 0 Å². The molecule has 1 saturated heterocycles. The first kappa shape index (κ1) is 16.6. The van der Waals surface area contributed by atoms with Crippen molar-refractivity contribution >= 4 is 5.97 Å². The number of likely N-dealkylation sites (tertiary alicyclic amines) is 1. The molecule has 5 heteroatoms. The second-order valence-electron chi connectivity index (χ2n) is 6.07. The van der Waals surface area contributed by atoms with Gasteiger partial charge >= 0.3 is 5.97 Å². The third-order valence-corrected chi connectivity index (χ3v) is 4.07. The standard InChI is InChI=1S/C17H25NO4/c1-12(17(19)20)9-13-6-7-15(16(10-13)21-3)22-14-5-4-8-18(2)11-14/h6-7,10,12,14H,4-5,8-9,11H2,1-3H3,(H,19,20). The largest absolute Gasteiger partial charge is 0.493 e. The summed E-state index contributed by atoms with van der Waals surface area (Å²) >= 11 is 0. The zero-order valence-corrected chi connectivity index (χ0v) is 13.5. The van der Waals surface area contributed by atoms with E-state index < -0.39 is 11.9 Å². The molecular formula is C17H25NO4. The van der Waals surface area contributed by atoms with Crippen LogP contribution in [0, 0.1) is 5.92 Å². The molecule has 0 radical (unpaired) electrons. The summed E-state index contributed by atoms with van der Waals surface area (Å²) in [6.07, 6.45) is 2.85. The second-order valence-corrected chi connectivity index (χ2v) is 6.07. The Kier molecular flexibility index (Phi) is 5.66. The first-order valence-corrected chi connectivity index (χ1v) is 7.74. The minimum Gasteiger partial charge on any atom is -0.493 e. The van der Waals surface area contributed by atoms with Crippen LogP contribution in [0.15, 0.2) is 18.2 Å². The van der Waals surface area contributed by atoms with Gasteiger partial charge in [0, 0.05) is 6.54 Å². The van der Waals surface area contributed by atoms with Crippen molar-refractivity contribution < 1.29 is 19.4 Å². The molecule has 1 fully saturated rings. The fraction of sp³-hybridized carbons (Fsp3) is 0.588. The third-order valence-electron chi connectivity index (χ3n) is 4.07. The van der Waals surface area contributed by atoms with Crippen molar-refractivity contribution in [3.63, 3.8) is 0 Å². The van der Waals surface area contributed by atoms with Gasteiger partial charge in [-0.05, 0) is 50.6 Å². The molecule has 0 aromatic heterocycles. The van der Waals surface area contributed by atoms with E-state index in [1.165, 1.54) is 0 Å². The number of methoxy groups -OCH3 is 1. The summed E-state index contributed by atoms with van der Waals surface area (Å²) in [5.74, 6) is 0.200. The Hall–Kier alpha value is -1.75. The summed E-state index contributed by atoms with van der Waals surface area (Å²) in [5, 5.41) is 9.01. The molecule has 1 aliphatic rings. The summed E-state index contributed by atoms with van der Waals surface area (Å²) in [5.41, 5.74) is 0.944. The number of carbonyl (C=O) groups is 1. The summed E-state index contributed by atoms with van der Waals surface area (Å²) in [7, 11) is 3.71. The summed E-state index contributed by atoms with van der Waals surface area (Å²) in [4.78, 5) is 13.2. The Morgan fingerprint density at radius 3 is 2.86 bits per heavy atom. The van der Waals surface area contributed by atoms with Crippen molar-refractivity contribution in [2.24, 2.45) is 5.92 Å². The molecule has 0 saturated carbocycles. The maximum atomic E-state index is 11.0. The van der Waals surface area contributed by atoms with Gasteiger partial charge in [-0.25, -0.2) is 0 Å². The Morgan fingerprint density at radius 1 is 1.45 bits per heavy atom. The molecule has 1 aliphatic heterocycles. The van der Waals surface area contributed by atoms with Crippen molar-refractivity contribution in [1.82, 2.24) is 4.90 Å². The van der Waals surface area contributed by atoms with Crippen LogP contribution in [0.1, 0.15) is 25.3 Å². The molecule has 122 valence electrons. The first-order valence-electron chi connectivity index (χ1n) is 7.74. The average Bonchev–Trinajstić information content (AvgIpc) is 2.48. The smallest absolute Gasteiger partial charge is 0.306 e. The van der Waals surface area contributed by atoms with Gasteiger partial charge < -0.3 is 19.5 Å². The highest BCUT2D eigenvalue weighted by molar-refractivity contribution is 5.70. The fourth-order valence-corrected chi connectivity index (χ4v) is 2.77. The van der Waals surface area contributed by atoms with Crippen molar-refractivity contribution in [3.05, 3.63) is 23.8 Å². The highest BCUT2D eigenvalue weighted by Crippen LogP contribution is 2.31. The van der Waals surface area contributed by atoms with Crippen LogP contribution in [0.4, 0.5) is 0 Å². The maximum Gasteiger partial charge on any atom is 0.306 e. The van der Waals surface area contributed by atoms with Gasteiger partial charge in [-0.1, -0.05) is 13.0 Å². The van der Waals surface area contributed by atoms with Crippen LogP contribution in [0.3, 0.4) is 0 Å². The number of piperidine rings is 1. The molecule has 2 unspecified atom stereocenters. The van der Waals surface area contributed by atoms with E-state index in [0.717, 1.165) is 37.2 Å². The Bertz CT molecular complexity index is 517. The molecule has 0 amide bonds. The zero-order chi connectivity index (χ0) is 16.1. The van der Waals surface area contributed by atoms with Crippen LogP contribution in [0.25, 0.3) is 0 Å². The topological polar surface area (TPSA) is 59.0 Å². The SMILES string of the molecule is COc1cc(CC(C)C(=O)O)ccc1OC1CCCN(C)C1. The Labute approximate surface area is 131 Å². The van der Waals surface area contributed by atoms with Crippen LogP contribution in [-0.4, -0.2) is 49.3 Å². The molecule has 0 aliphatic carbocycles. The Morgan fingerprint density at radius 2 is 2.23 bits per heavy atom. The zero-order valence-electron chi connectivity index (χ0n) is 13.5. The van der Waals surface area contributed by atoms with E-state index in [1.807, 2.05) is 18.2 Å². The number of ether oxygens (including phenoxy) is 2. The highest BCUT2D eigenvalue weighted by Gasteiger charge is 2.20. The van der Waals surface area contributed by atoms with Gasteiger partial charge in [0.2, 0.25) is 0 Å². The van der Waals surface area contributed by atoms with Gasteiger partial charge in [-0.3, -0.25) is 4.79 Å². The quantitative estimate of drug-likeness (QED) is 0.874. The van der Waals surface area contributed by atoms with Crippen LogP contribution in [0.5, 0.6) is 11.5 Å². The van der Waals surface area contributed by atoms with Crippen molar-refractivity contribution in [1.29, 1.82) is 0 Å². The first-order chi connectivity index (χ1) is 10.5. The number of carboxylic acid groups (broad SMARTS) is 1. The molecule has 1 aromatic rings. The lowest BCUT2D eigenvalue weighted by molar-refractivity contribution is -0.141. The average molecular weight is 307 g/mol. The van der Waals surface area contributed by atoms with Crippen molar-refractivity contribution in [2.75, 3.05) is 27.2 Å². The number of nitrogens with zero attached hydrogens (tertiary/aromatic N) is 1. The lowest BCUT2D eigenvalue weighted by Gasteiger charge is -2.30. The van der Waals surface area contributed by atoms with Gasteiger partial charge in [-0.2, -0.15) is 0 Å². The van der Waals surface area contributed by atoms with E-state index in [-0.39, 0.29) is 6.10 Å². The van der Waals surface area contributed by atoms with Gasteiger partial charge in [-0.15, -0.1) is 0 Å². The molecule has 1 N–H and O–H groups in total. The van der Waals surface area contributed by atoms with Crippen molar-refractivity contribution in [2.45, 2.75) is 32.3 Å². The number of aliphatic carboxylic acids is 1. The predicted octanol–water partition coefficient (Wildman–Crippen LogP) is 2.43. The summed E-state index contributed by atoms with van der Waals surface area (Å²) in [6, 6.07) is 5.68. The van der Waals surface area contributed by atoms with Crippen LogP contribution in [-0.2, 0) is 11.2 Å². The van der Waals surface area contributed by atoms with E-state index >= 15 is 0 Å². The van der Waals surface area contributed by atoms with Crippen molar-refractivity contribution in [3.8, 4) is 11.5 Å². The summed E-state index contributed by atoms with van der Waals surface area (Å²) in [6.45, 7) is 3.74. The lowest BCUT2D eigenvalue weighted by atomic mass is 10.0. The van der Waals surface area contributed by atoms with Gasteiger partial charge in [0.15, 0.2) is 11.5 Å². The Balaban J connectivity index is 2.07. The van der Waals surface area contributed by atoms with Gasteiger partial charge in [0.1, 0.15) is 6.10 Å². The molecule has 1 aromatic carbocycles. The molecule has 5 nitrogen and oxygen atoms in total. The van der Waals surface area contributed by atoms with E-state index in [1.54, 1.807) is 14.0 Å². The molecular weight excluding hydrogens is 282 g/mol. The predicted molar refractivity (Wildman–Crippen MR) is 84.6 cm³/mol. The molecule has 2 atom stereocenters. The minimum atomic E-state index is -0.787. The maximum absolute atomic E-state index is 11.0. The van der Waals surface area contributed by atoms with Crippen LogP contribution in [0.2, 0.25) is 0 Å². The van der Waals surface area contributed by atoms with E-state index in [0.29, 0.717) is 12.2 Å². The number of hydrogen-bond donors (Lipinski definition) is 1. The molecule has 0 spiro atoms. The molecule has 0 bridgehead atoms. The second kappa shape index (κ2) is 7.49. The minimum absolute atomic E-state index is 0.177. The van der Waals surface area contributed by atoms with E-state index in [4.69, 9.17) is 14.6 Å². The molecule has 22 heavy (non-hydrogen) atoms. The van der Waals surface area contributed by atoms with Gasteiger partial charge in [0.05, 0.1) is 13.0 Å². The van der Waals surface area contributed by atoms with Crippen LogP contribution >= 0.6 is 0 Å². The lowest BCUT2D eigenvalue weighted by Crippen LogP contribution is -2.38. The van der Waals surface area contributed by atoms with E-state index in [9.17, 15) is 4.79 Å². The highest BCUT2D eigenvalue weighted by atomic mass is 16.5. The normalized spacial score (nSPS) is 20.4. The van der Waals surface area contributed by atoms with E-state index in [2.05, 4.69) is 11.9 Å². The van der Waals surface area contributed by atoms with Crippen LogP contribution < -0.4 is 9.47 Å². The summed E-state index contributed by atoms with van der Waals surface area (Å²) < 4.78 is 11.5. The number of benzene rings is 1.